The van der Waals surface area contributed by atoms with Gasteiger partial charge >= 0.3 is 6.18 Å². The Morgan fingerprint density at radius 2 is 1.71 bits per heavy atom. The van der Waals surface area contributed by atoms with Crippen LogP contribution in [0.15, 0.2) is 36.0 Å². The van der Waals surface area contributed by atoms with E-state index in [9.17, 15) is 18.0 Å². The molecule has 0 radical (unpaired) electrons. The number of alkyl halides is 3. The van der Waals surface area contributed by atoms with E-state index in [-0.39, 0.29) is 5.78 Å². The molecule has 0 spiro atoms. The van der Waals surface area contributed by atoms with Crippen LogP contribution >= 0.6 is 0 Å². The van der Waals surface area contributed by atoms with Crippen LogP contribution in [0.3, 0.4) is 0 Å². The number of allylic oxidation sites excluding steroid dienone is 2. The zero-order valence-electron chi connectivity index (χ0n) is 9.43. The predicted octanol–water partition coefficient (Wildman–Crippen LogP) is 3.61. The predicted molar refractivity (Wildman–Crippen MR) is 59.5 cm³/mol. The standard InChI is InChI=1S/C12H12F3NO/c1-8(7-9(2)17)16-11-5-3-10(4-6-11)12(13,14)15/h3-7,16H,1-2H3. The zero-order chi connectivity index (χ0) is 13.1. The highest BCUT2D eigenvalue weighted by Crippen LogP contribution is 2.29. The third kappa shape index (κ3) is 4.30. The van der Waals surface area contributed by atoms with Gasteiger partial charge in [0.1, 0.15) is 0 Å². The van der Waals surface area contributed by atoms with E-state index in [4.69, 9.17) is 0 Å². The number of ketones is 1. The fraction of sp³-hybridized carbons (Fsp3) is 0.250. The topological polar surface area (TPSA) is 29.1 Å². The van der Waals surface area contributed by atoms with E-state index in [1.165, 1.54) is 25.1 Å². The molecule has 0 saturated heterocycles. The summed E-state index contributed by atoms with van der Waals surface area (Å²) in [6.07, 6.45) is -2.96. The second-order valence-electron chi connectivity index (χ2n) is 3.64. The van der Waals surface area contributed by atoms with Crippen LogP contribution in [0.4, 0.5) is 18.9 Å². The van der Waals surface area contributed by atoms with Crippen LogP contribution in [0.1, 0.15) is 19.4 Å². The number of rotatable bonds is 3. The van der Waals surface area contributed by atoms with Gasteiger partial charge in [0.25, 0.3) is 0 Å². The molecule has 1 aromatic carbocycles. The minimum absolute atomic E-state index is 0.123. The summed E-state index contributed by atoms with van der Waals surface area (Å²) in [5.41, 5.74) is 0.390. The lowest BCUT2D eigenvalue weighted by Crippen LogP contribution is -2.05. The molecule has 5 heteroatoms. The molecule has 2 nitrogen and oxygen atoms in total. The first-order valence-corrected chi connectivity index (χ1v) is 4.92. The van der Waals surface area contributed by atoms with Gasteiger partial charge in [0, 0.05) is 11.4 Å². The summed E-state index contributed by atoms with van der Waals surface area (Å²) >= 11 is 0. The molecule has 0 amide bonds. The van der Waals surface area contributed by atoms with Gasteiger partial charge in [-0.25, -0.2) is 0 Å². The molecule has 1 N–H and O–H groups in total. The van der Waals surface area contributed by atoms with Gasteiger partial charge in [0.05, 0.1) is 5.56 Å². The Morgan fingerprint density at radius 3 is 2.12 bits per heavy atom. The van der Waals surface area contributed by atoms with E-state index in [1.54, 1.807) is 6.92 Å². The molecule has 0 heterocycles. The fourth-order valence-electron chi connectivity index (χ4n) is 1.31. The summed E-state index contributed by atoms with van der Waals surface area (Å²) in [4.78, 5) is 10.8. The lowest BCUT2D eigenvalue weighted by Gasteiger charge is -2.09. The smallest absolute Gasteiger partial charge is 0.359 e. The fourth-order valence-corrected chi connectivity index (χ4v) is 1.31. The number of carbonyl (C=O) groups excluding carboxylic acids is 1. The third-order valence-corrected chi connectivity index (χ3v) is 1.97. The van der Waals surface area contributed by atoms with Crippen LogP contribution in [0.5, 0.6) is 0 Å². The average Bonchev–Trinajstić information content (AvgIpc) is 2.15. The van der Waals surface area contributed by atoms with Gasteiger partial charge in [-0.2, -0.15) is 13.2 Å². The van der Waals surface area contributed by atoms with Gasteiger partial charge in [0.2, 0.25) is 0 Å². The van der Waals surface area contributed by atoms with Gasteiger partial charge in [-0.3, -0.25) is 4.79 Å². The van der Waals surface area contributed by atoms with Crippen LogP contribution in [-0.2, 0) is 11.0 Å². The summed E-state index contributed by atoms with van der Waals surface area (Å²) in [7, 11) is 0. The SMILES string of the molecule is CC(=O)C=C(C)Nc1ccc(C(F)(F)F)cc1. The number of hydrogen-bond acceptors (Lipinski definition) is 2. The third-order valence-electron chi connectivity index (χ3n) is 1.97. The van der Waals surface area contributed by atoms with Gasteiger partial charge in [-0.05, 0) is 44.2 Å². The molecule has 0 unspecified atom stereocenters. The van der Waals surface area contributed by atoms with Crippen LogP contribution in [-0.4, -0.2) is 5.78 Å². The van der Waals surface area contributed by atoms with Crippen molar-refractivity contribution in [2.24, 2.45) is 0 Å². The molecular weight excluding hydrogens is 231 g/mol. The van der Waals surface area contributed by atoms with Gasteiger partial charge in [-0.1, -0.05) is 0 Å². The van der Waals surface area contributed by atoms with E-state index in [0.717, 1.165) is 12.1 Å². The summed E-state index contributed by atoms with van der Waals surface area (Å²) < 4.78 is 36.8. The van der Waals surface area contributed by atoms with Crippen molar-refractivity contribution in [2.75, 3.05) is 5.32 Å². The maximum absolute atomic E-state index is 12.3. The average molecular weight is 243 g/mol. The van der Waals surface area contributed by atoms with Crippen molar-refractivity contribution >= 4 is 11.5 Å². The van der Waals surface area contributed by atoms with E-state index in [2.05, 4.69) is 5.32 Å². The Labute approximate surface area is 97.1 Å². The van der Waals surface area contributed by atoms with Crippen molar-refractivity contribution < 1.29 is 18.0 Å². The van der Waals surface area contributed by atoms with Crippen LogP contribution < -0.4 is 5.32 Å². The van der Waals surface area contributed by atoms with Crippen LogP contribution in [0, 0.1) is 0 Å². The van der Waals surface area contributed by atoms with Crippen LogP contribution in [0.2, 0.25) is 0 Å². The van der Waals surface area contributed by atoms with Gasteiger partial charge < -0.3 is 5.32 Å². The molecule has 17 heavy (non-hydrogen) atoms. The Bertz CT molecular complexity index is 432. The summed E-state index contributed by atoms with van der Waals surface area (Å²) in [5, 5.41) is 2.82. The highest BCUT2D eigenvalue weighted by molar-refractivity contribution is 5.88. The second kappa shape index (κ2) is 5.03. The van der Waals surface area contributed by atoms with Gasteiger partial charge in [0.15, 0.2) is 5.78 Å². The molecule has 1 rings (SSSR count). The number of carbonyl (C=O) groups is 1. The van der Waals surface area contributed by atoms with Crippen molar-refractivity contribution in [1.82, 2.24) is 0 Å². The molecule has 0 aromatic heterocycles. The molecular formula is C12H12F3NO. The number of anilines is 1. The highest BCUT2D eigenvalue weighted by atomic mass is 19.4. The first-order valence-electron chi connectivity index (χ1n) is 4.92. The van der Waals surface area contributed by atoms with Crippen molar-refractivity contribution in [2.45, 2.75) is 20.0 Å². The van der Waals surface area contributed by atoms with E-state index in [0.29, 0.717) is 11.4 Å². The summed E-state index contributed by atoms with van der Waals surface area (Å²) in [6.45, 7) is 3.07. The van der Waals surface area contributed by atoms with Gasteiger partial charge in [-0.15, -0.1) is 0 Å². The quantitative estimate of drug-likeness (QED) is 0.821. The minimum atomic E-state index is -4.33. The largest absolute Gasteiger partial charge is 0.416 e. The molecule has 0 aliphatic carbocycles. The minimum Gasteiger partial charge on any atom is -0.359 e. The Hall–Kier alpha value is -1.78. The first-order chi connectivity index (χ1) is 7.79. The normalized spacial score (nSPS) is 12.4. The zero-order valence-corrected chi connectivity index (χ0v) is 9.43. The Balaban J connectivity index is 2.79. The molecule has 0 atom stereocenters. The summed E-state index contributed by atoms with van der Waals surface area (Å²) in [5.74, 6) is -0.123. The van der Waals surface area contributed by atoms with Crippen molar-refractivity contribution in [1.29, 1.82) is 0 Å². The van der Waals surface area contributed by atoms with E-state index < -0.39 is 11.7 Å². The maximum atomic E-state index is 12.3. The molecule has 0 aliphatic heterocycles. The molecule has 1 aromatic rings. The molecule has 0 aliphatic rings. The second-order valence-corrected chi connectivity index (χ2v) is 3.64. The molecule has 92 valence electrons. The highest BCUT2D eigenvalue weighted by Gasteiger charge is 2.29. The lowest BCUT2D eigenvalue weighted by atomic mass is 10.2. The maximum Gasteiger partial charge on any atom is 0.416 e. The van der Waals surface area contributed by atoms with Crippen LogP contribution in [0.25, 0.3) is 0 Å². The van der Waals surface area contributed by atoms with Crippen molar-refractivity contribution in [3.05, 3.63) is 41.6 Å². The Morgan fingerprint density at radius 1 is 1.18 bits per heavy atom. The number of hydrogen-bond donors (Lipinski definition) is 1. The Kier molecular flexibility index (Phi) is 3.93. The van der Waals surface area contributed by atoms with Crippen molar-refractivity contribution in [3.63, 3.8) is 0 Å². The van der Waals surface area contributed by atoms with Crippen molar-refractivity contribution in [3.8, 4) is 0 Å². The summed E-state index contributed by atoms with van der Waals surface area (Å²) in [6, 6.07) is 4.62. The lowest BCUT2D eigenvalue weighted by molar-refractivity contribution is -0.137. The number of halogens is 3. The monoisotopic (exact) mass is 243 g/mol. The number of benzene rings is 1. The molecule has 0 fully saturated rings. The first kappa shape index (κ1) is 13.3. The van der Waals surface area contributed by atoms with E-state index in [1.807, 2.05) is 0 Å². The number of nitrogens with one attached hydrogen (secondary N) is 1. The molecule has 0 saturated carbocycles. The molecule has 0 bridgehead atoms. The van der Waals surface area contributed by atoms with E-state index >= 15 is 0 Å².